The summed E-state index contributed by atoms with van der Waals surface area (Å²) < 4.78 is 5.78. The number of hydrogen-bond acceptors (Lipinski definition) is 4. The molecule has 1 heterocycles. The molecule has 0 aliphatic heterocycles. The second-order valence-electron chi connectivity index (χ2n) is 5.84. The van der Waals surface area contributed by atoms with Crippen LogP contribution in [0.3, 0.4) is 0 Å². The number of ether oxygens (including phenoxy) is 1. The molecule has 4 aromatic rings. The van der Waals surface area contributed by atoms with E-state index < -0.39 is 5.91 Å². The first-order valence-electron chi connectivity index (χ1n) is 8.32. The fraction of sp³-hybridized carbons (Fsp3) is 0. The first-order chi connectivity index (χ1) is 13.2. The third-order valence-corrected chi connectivity index (χ3v) is 3.98. The van der Waals surface area contributed by atoms with E-state index in [1.165, 1.54) is 0 Å². The minimum absolute atomic E-state index is 0.152. The van der Waals surface area contributed by atoms with Gasteiger partial charge in [0.1, 0.15) is 11.5 Å². The zero-order valence-electron chi connectivity index (χ0n) is 14.2. The molecule has 0 aliphatic rings. The average molecular weight is 357 g/mol. The molecule has 2 N–H and O–H groups in total. The van der Waals surface area contributed by atoms with E-state index in [0.29, 0.717) is 28.0 Å². The predicted octanol–water partition coefficient (Wildman–Crippen LogP) is 3.97. The lowest BCUT2D eigenvalue weighted by molar-refractivity contribution is 0.102. The Kier molecular flexibility index (Phi) is 4.37. The summed E-state index contributed by atoms with van der Waals surface area (Å²) in [6.45, 7) is 0. The molecule has 1 aromatic heterocycles. The van der Waals surface area contributed by atoms with Crippen LogP contribution in [0.25, 0.3) is 10.8 Å². The molecule has 0 spiro atoms. The Morgan fingerprint density at radius 3 is 2.37 bits per heavy atom. The zero-order chi connectivity index (χ0) is 18.6. The van der Waals surface area contributed by atoms with Gasteiger partial charge in [0.15, 0.2) is 5.69 Å². The molecule has 0 bridgehead atoms. The lowest BCUT2D eigenvalue weighted by Crippen LogP contribution is -2.19. The molecule has 3 aromatic carbocycles. The highest BCUT2D eigenvalue weighted by molar-refractivity contribution is 6.11. The number of carbonyl (C=O) groups excluding carboxylic acids is 1. The van der Waals surface area contributed by atoms with Crippen molar-refractivity contribution in [3.8, 4) is 11.5 Å². The van der Waals surface area contributed by atoms with E-state index in [4.69, 9.17) is 4.74 Å². The van der Waals surface area contributed by atoms with E-state index in [9.17, 15) is 9.59 Å². The van der Waals surface area contributed by atoms with Crippen LogP contribution in [0.1, 0.15) is 10.5 Å². The average Bonchev–Trinajstić information content (AvgIpc) is 2.69. The second-order valence-corrected chi connectivity index (χ2v) is 5.84. The summed E-state index contributed by atoms with van der Waals surface area (Å²) in [5.41, 5.74) is 0.380. The number of para-hydroxylation sites is 1. The van der Waals surface area contributed by atoms with Crippen molar-refractivity contribution in [3.05, 3.63) is 94.9 Å². The normalized spacial score (nSPS) is 10.5. The van der Waals surface area contributed by atoms with E-state index in [1.54, 1.807) is 48.5 Å². The number of fused-ring (bicyclic) bond motifs is 1. The number of benzene rings is 3. The van der Waals surface area contributed by atoms with Crippen LogP contribution >= 0.6 is 0 Å². The molecule has 0 saturated carbocycles. The number of amides is 1. The smallest absolute Gasteiger partial charge is 0.276 e. The molecular formula is C21H15N3O3. The Balaban J connectivity index is 1.60. The summed E-state index contributed by atoms with van der Waals surface area (Å²) in [5.74, 6) is 0.881. The zero-order valence-corrected chi connectivity index (χ0v) is 14.2. The van der Waals surface area contributed by atoms with Crippen molar-refractivity contribution in [2.75, 3.05) is 5.32 Å². The highest BCUT2D eigenvalue weighted by Gasteiger charge is 2.14. The molecule has 0 unspecified atom stereocenters. The molecule has 0 radical (unpaired) electrons. The molecule has 0 atom stereocenters. The lowest BCUT2D eigenvalue weighted by atomic mass is 10.1. The van der Waals surface area contributed by atoms with Crippen LogP contribution in [0.2, 0.25) is 0 Å². The SMILES string of the molecule is O=C(Nc1cccc(Oc2ccccc2)c1)c1n[nH]c(=O)c2ccccc12. The van der Waals surface area contributed by atoms with E-state index in [0.717, 1.165) is 0 Å². The number of hydrogen-bond donors (Lipinski definition) is 2. The van der Waals surface area contributed by atoms with Crippen molar-refractivity contribution >= 4 is 22.4 Å². The third kappa shape index (κ3) is 3.55. The van der Waals surface area contributed by atoms with Crippen LogP contribution in [-0.4, -0.2) is 16.1 Å². The molecule has 0 fully saturated rings. The number of aromatic amines is 1. The molecule has 0 aliphatic carbocycles. The van der Waals surface area contributed by atoms with Crippen molar-refractivity contribution in [2.45, 2.75) is 0 Å². The number of nitrogens with one attached hydrogen (secondary N) is 2. The van der Waals surface area contributed by atoms with Crippen LogP contribution in [0, 0.1) is 0 Å². The molecule has 4 rings (SSSR count). The van der Waals surface area contributed by atoms with Gasteiger partial charge in [0.2, 0.25) is 0 Å². The van der Waals surface area contributed by atoms with Gasteiger partial charge < -0.3 is 10.1 Å². The molecular weight excluding hydrogens is 342 g/mol. The van der Waals surface area contributed by atoms with Gasteiger partial charge in [-0.05, 0) is 30.3 Å². The molecule has 0 saturated heterocycles. The number of aromatic nitrogens is 2. The maximum Gasteiger partial charge on any atom is 0.276 e. The summed E-state index contributed by atoms with van der Waals surface area (Å²) in [5, 5.41) is 9.98. The van der Waals surface area contributed by atoms with Gasteiger partial charge >= 0.3 is 0 Å². The minimum atomic E-state index is -0.417. The van der Waals surface area contributed by atoms with Gasteiger partial charge in [-0.2, -0.15) is 5.10 Å². The van der Waals surface area contributed by atoms with Gasteiger partial charge in [-0.25, -0.2) is 5.10 Å². The van der Waals surface area contributed by atoms with Gasteiger partial charge in [0, 0.05) is 17.1 Å². The van der Waals surface area contributed by atoms with Crippen LogP contribution in [-0.2, 0) is 0 Å². The van der Waals surface area contributed by atoms with Gasteiger partial charge in [0.25, 0.3) is 11.5 Å². The number of H-pyrrole nitrogens is 1. The molecule has 132 valence electrons. The predicted molar refractivity (Wildman–Crippen MR) is 103 cm³/mol. The fourth-order valence-corrected chi connectivity index (χ4v) is 2.74. The lowest BCUT2D eigenvalue weighted by Gasteiger charge is -2.09. The van der Waals surface area contributed by atoms with Crippen molar-refractivity contribution in [1.82, 2.24) is 10.2 Å². The quantitative estimate of drug-likeness (QED) is 0.579. The first-order valence-corrected chi connectivity index (χ1v) is 8.32. The highest BCUT2D eigenvalue weighted by atomic mass is 16.5. The third-order valence-electron chi connectivity index (χ3n) is 3.98. The summed E-state index contributed by atoms with van der Waals surface area (Å²) in [4.78, 5) is 24.5. The fourth-order valence-electron chi connectivity index (χ4n) is 2.74. The Bertz CT molecular complexity index is 1170. The van der Waals surface area contributed by atoms with Gasteiger partial charge in [-0.3, -0.25) is 9.59 Å². The minimum Gasteiger partial charge on any atom is -0.457 e. The molecule has 27 heavy (non-hydrogen) atoms. The standard InChI is InChI=1S/C21H15N3O3/c25-20-18-12-5-4-11-17(18)19(23-24-20)21(26)22-14-7-6-10-16(13-14)27-15-8-2-1-3-9-15/h1-13H,(H,22,26)(H,24,25). The van der Waals surface area contributed by atoms with Crippen molar-refractivity contribution < 1.29 is 9.53 Å². The summed E-state index contributed by atoms with van der Waals surface area (Å²) in [6.07, 6.45) is 0. The summed E-state index contributed by atoms with van der Waals surface area (Å²) in [6, 6.07) is 23.3. The van der Waals surface area contributed by atoms with Crippen LogP contribution < -0.4 is 15.6 Å². The summed E-state index contributed by atoms with van der Waals surface area (Å²) in [7, 11) is 0. The largest absolute Gasteiger partial charge is 0.457 e. The Labute approximate surface area is 154 Å². The van der Waals surface area contributed by atoms with Crippen molar-refractivity contribution in [2.24, 2.45) is 0 Å². The number of carbonyl (C=O) groups is 1. The Morgan fingerprint density at radius 2 is 1.56 bits per heavy atom. The van der Waals surface area contributed by atoms with Gasteiger partial charge in [-0.1, -0.05) is 42.5 Å². The summed E-state index contributed by atoms with van der Waals surface area (Å²) >= 11 is 0. The number of rotatable bonds is 4. The topological polar surface area (TPSA) is 84.1 Å². The molecule has 6 nitrogen and oxygen atoms in total. The van der Waals surface area contributed by atoms with E-state index in [2.05, 4.69) is 15.5 Å². The van der Waals surface area contributed by atoms with Crippen LogP contribution in [0.15, 0.2) is 83.7 Å². The van der Waals surface area contributed by atoms with E-state index >= 15 is 0 Å². The Morgan fingerprint density at radius 1 is 0.852 bits per heavy atom. The first kappa shape index (κ1) is 16.5. The highest BCUT2D eigenvalue weighted by Crippen LogP contribution is 2.24. The van der Waals surface area contributed by atoms with E-state index in [1.807, 2.05) is 30.3 Å². The van der Waals surface area contributed by atoms with Crippen LogP contribution in [0.4, 0.5) is 5.69 Å². The van der Waals surface area contributed by atoms with Crippen molar-refractivity contribution in [1.29, 1.82) is 0 Å². The molecule has 6 heteroatoms. The number of nitrogens with zero attached hydrogens (tertiary/aromatic N) is 1. The maximum atomic E-state index is 12.7. The molecule has 1 amide bonds. The van der Waals surface area contributed by atoms with Crippen LogP contribution in [0.5, 0.6) is 11.5 Å². The second kappa shape index (κ2) is 7.13. The van der Waals surface area contributed by atoms with Crippen molar-refractivity contribution in [3.63, 3.8) is 0 Å². The van der Waals surface area contributed by atoms with Gasteiger partial charge in [-0.15, -0.1) is 0 Å². The monoisotopic (exact) mass is 357 g/mol. The Hall–Kier alpha value is -3.93. The maximum absolute atomic E-state index is 12.7. The van der Waals surface area contributed by atoms with Gasteiger partial charge in [0.05, 0.1) is 5.39 Å². The number of anilines is 1. The van der Waals surface area contributed by atoms with E-state index in [-0.39, 0.29) is 11.3 Å².